The van der Waals surface area contributed by atoms with Gasteiger partial charge in [0.2, 0.25) is 0 Å². The molecule has 0 bridgehead atoms. The zero-order valence-corrected chi connectivity index (χ0v) is 11.4. The van der Waals surface area contributed by atoms with E-state index in [-0.39, 0.29) is 18.1 Å². The highest BCUT2D eigenvalue weighted by atomic mass is 16.5. The highest BCUT2D eigenvalue weighted by Gasteiger charge is 2.33. The van der Waals surface area contributed by atoms with Gasteiger partial charge in [0.1, 0.15) is 12.4 Å². The summed E-state index contributed by atoms with van der Waals surface area (Å²) in [5, 5.41) is 5.93. The van der Waals surface area contributed by atoms with E-state index in [9.17, 15) is 4.79 Å². The Labute approximate surface area is 113 Å². The van der Waals surface area contributed by atoms with Gasteiger partial charge < -0.3 is 20.1 Å². The molecule has 1 fully saturated rings. The third-order valence-corrected chi connectivity index (χ3v) is 3.01. The van der Waals surface area contributed by atoms with E-state index in [0.29, 0.717) is 18.0 Å². The predicted molar refractivity (Wildman–Crippen MR) is 73.5 cm³/mol. The molecule has 0 spiro atoms. The Morgan fingerprint density at radius 1 is 1.42 bits per heavy atom. The molecule has 1 saturated heterocycles. The number of rotatable bonds is 6. The van der Waals surface area contributed by atoms with Crippen molar-refractivity contribution in [3.63, 3.8) is 0 Å². The fourth-order valence-electron chi connectivity index (χ4n) is 1.86. The van der Waals surface area contributed by atoms with E-state index in [1.54, 1.807) is 0 Å². The Balaban J connectivity index is 1.87. The minimum absolute atomic E-state index is 0.0542. The molecule has 5 nitrogen and oxygen atoms in total. The summed E-state index contributed by atoms with van der Waals surface area (Å²) in [4.78, 5) is 11.8. The lowest BCUT2D eigenvalue weighted by Crippen LogP contribution is -2.59. The summed E-state index contributed by atoms with van der Waals surface area (Å²) in [6, 6.07) is 7.38. The Kier molecular flexibility index (Phi) is 4.39. The molecule has 0 aromatic heterocycles. The first-order chi connectivity index (χ1) is 9.13. The van der Waals surface area contributed by atoms with E-state index in [0.717, 1.165) is 13.1 Å². The number of benzene rings is 1. The fourth-order valence-corrected chi connectivity index (χ4v) is 1.86. The van der Waals surface area contributed by atoms with Crippen LogP contribution in [0.4, 0.5) is 5.69 Å². The summed E-state index contributed by atoms with van der Waals surface area (Å²) in [7, 11) is 0. The smallest absolute Gasteiger partial charge is 0.250 e. The lowest BCUT2D eigenvalue weighted by atomic mass is 10.0. The Morgan fingerprint density at radius 3 is 2.79 bits per heavy atom. The van der Waals surface area contributed by atoms with E-state index in [4.69, 9.17) is 9.47 Å². The lowest BCUT2D eigenvalue weighted by molar-refractivity contribution is -0.130. The van der Waals surface area contributed by atoms with Crippen LogP contribution < -0.4 is 15.4 Å². The first-order valence-electron chi connectivity index (χ1n) is 6.49. The summed E-state index contributed by atoms with van der Waals surface area (Å²) >= 11 is 0. The number of ether oxygens (including phenoxy) is 2. The second-order valence-corrected chi connectivity index (χ2v) is 4.82. The third-order valence-electron chi connectivity index (χ3n) is 3.01. The first-order valence-corrected chi connectivity index (χ1v) is 6.49. The normalized spacial score (nSPS) is 16.5. The molecule has 1 aromatic carbocycles. The Morgan fingerprint density at radius 2 is 2.16 bits per heavy atom. The average molecular weight is 264 g/mol. The molecular weight excluding hydrogens is 244 g/mol. The highest BCUT2D eigenvalue weighted by Crippen LogP contribution is 2.23. The van der Waals surface area contributed by atoms with Gasteiger partial charge in [-0.25, -0.2) is 0 Å². The maximum absolute atomic E-state index is 11.8. The van der Waals surface area contributed by atoms with Crippen LogP contribution in [-0.2, 0) is 9.53 Å². The minimum Gasteiger partial charge on any atom is -0.492 e. The molecule has 1 amide bonds. The largest absolute Gasteiger partial charge is 0.492 e. The van der Waals surface area contributed by atoms with Gasteiger partial charge in [0.15, 0.2) is 0 Å². The summed E-state index contributed by atoms with van der Waals surface area (Å²) in [6.45, 7) is 6.09. The summed E-state index contributed by atoms with van der Waals surface area (Å²) in [6.07, 6.45) is 0. The minimum atomic E-state index is -0.212. The second kappa shape index (κ2) is 6.04. The molecule has 0 saturated carbocycles. The number of carbonyl (C=O) groups is 1. The number of carbonyl (C=O) groups excluding carboxylic acids is 1. The van der Waals surface area contributed by atoms with Crippen molar-refractivity contribution in [1.82, 2.24) is 5.32 Å². The van der Waals surface area contributed by atoms with Crippen molar-refractivity contribution in [2.45, 2.75) is 19.4 Å². The molecule has 2 rings (SSSR count). The molecule has 1 aliphatic rings. The predicted octanol–water partition coefficient (Wildman–Crippen LogP) is 1.40. The third kappa shape index (κ3) is 3.68. The van der Waals surface area contributed by atoms with Crippen LogP contribution in [0.3, 0.4) is 0 Å². The van der Waals surface area contributed by atoms with Crippen molar-refractivity contribution in [2.75, 3.05) is 31.6 Å². The Bertz CT molecular complexity index is 444. The van der Waals surface area contributed by atoms with Crippen molar-refractivity contribution in [3.05, 3.63) is 24.3 Å². The number of hydrogen-bond acceptors (Lipinski definition) is 4. The van der Waals surface area contributed by atoms with E-state index >= 15 is 0 Å². The van der Waals surface area contributed by atoms with Gasteiger partial charge in [-0.15, -0.1) is 0 Å². The molecule has 2 N–H and O–H groups in total. The fraction of sp³-hybridized carbons (Fsp3) is 0.500. The van der Waals surface area contributed by atoms with Crippen LogP contribution in [0, 0.1) is 0 Å². The number of para-hydroxylation sites is 2. The van der Waals surface area contributed by atoms with Crippen molar-refractivity contribution in [3.8, 4) is 5.75 Å². The van der Waals surface area contributed by atoms with E-state index in [1.807, 2.05) is 38.1 Å². The molecule has 1 heterocycles. The van der Waals surface area contributed by atoms with Gasteiger partial charge in [-0.2, -0.15) is 0 Å². The number of anilines is 1. The molecule has 0 atom stereocenters. The highest BCUT2D eigenvalue weighted by molar-refractivity contribution is 5.93. The van der Waals surface area contributed by atoms with Crippen LogP contribution in [0.15, 0.2) is 24.3 Å². The van der Waals surface area contributed by atoms with Crippen LogP contribution >= 0.6 is 0 Å². The van der Waals surface area contributed by atoms with Gasteiger partial charge in [0.25, 0.3) is 5.91 Å². The summed E-state index contributed by atoms with van der Waals surface area (Å²) < 4.78 is 11.0. The second-order valence-electron chi connectivity index (χ2n) is 4.82. The van der Waals surface area contributed by atoms with Gasteiger partial charge in [0.05, 0.1) is 17.9 Å². The molecule has 0 aliphatic carbocycles. The van der Waals surface area contributed by atoms with Crippen molar-refractivity contribution < 1.29 is 14.3 Å². The molecule has 19 heavy (non-hydrogen) atoms. The van der Waals surface area contributed by atoms with E-state index < -0.39 is 0 Å². The maximum Gasteiger partial charge on any atom is 0.250 e. The van der Waals surface area contributed by atoms with Crippen LogP contribution in [0.25, 0.3) is 0 Å². The number of nitrogens with one attached hydrogen (secondary N) is 2. The van der Waals surface area contributed by atoms with E-state index in [1.165, 1.54) is 0 Å². The van der Waals surface area contributed by atoms with Crippen LogP contribution in [0.2, 0.25) is 0 Å². The quantitative estimate of drug-likeness (QED) is 0.815. The van der Waals surface area contributed by atoms with Crippen molar-refractivity contribution in [1.29, 1.82) is 0 Å². The van der Waals surface area contributed by atoms with Gasteiger partial charge in [0, 0.05) is 13.1 Å². The molecule has 1 aromatic rings. The van der Waals surface area contributed by atoms with Gasteiger partial charge >= 0.3 is 0 Å². The zero-order chi connectivity index (χ0) is 13.7. The summed E-state index contributed by atoms with van der Waals surface area (Å²) in [5.74, 6) is 0.509. The molecular formula is C14H20N2O3. The monoisotopic (exact) mass is 264 g/mol. The molecule has 0 radical (unpaired) electrons. The average Bonchev–Trinajstić information content (AvgIpc) is 2.37. The zero-order valence-electron chi connectivity index (χ0n) is 11.4. The van der Waals surface area contributed by atoms with Gasteiger partial charge in [-0.1, -0.05) is 12.1 Å². The molecule has 5 heteroatoms. The van der Waals surface area contributed by atoms with Crippen LogP contribution in [-0.4, -0.2) is 37.8 Å². The van der Waals surface area contributed by atoms with Gasteiger partial charge in [-0.05, 0) is 26.0 Å². The van der Waals surface area contributed by atoms with Gasteiger partial charge in [-0.3, -0.25) is 4.79 Å². The SMILES string of the molecule is CCOc1ccccc1NC(=O)COC1(C)CNC1. The molecule has 1 aliphatic heterocycles. The van der Waals surface area contributed by atoms with Crippen LogP contribution in [0.1, 0.15) is 13.8 Å². The van der Waals surface area contributed by atoms with Crippen molar-refractivity contribution in [2.24, 2.45) is 0 Å². The molecule has 104 valence electrons. The summed E-state index contributed by atoms with van der Waals surface area (Å²) in [5.41, 5.74) is 0.464. The first kappa shape index (κ1) is 13.8. The number of amides is 1. The lowest BCUT2D eigenvalue weighted by Gasteiger charge is -2.38. The van der Waals surface area contributed by atoms with Crippen molar-refractivity contribution >= 4 is 11.6 Å². The standard InChI is InChI=1S/C14H20N2O3/c1-3-18-12-7-5-4-6-11(12)16-13(17)8-19-14(2)9-15-10-14/h4-7,15H,3,8-10H2,1-2H3,(H,16,17). The topological polar surface area (TPSA) is 59.6 Å². The van der Waals surface area contributed by atoms with E-state index in [2.05, 4.69) is 10.6 Å². The molecule has 0 unspecified atom stereocenters. The maximum atomic E-state index is 11.8. The number of hydrogen-bond donors (Lipinski definition) is 2. The van der Waals surface area contributed by atoms with Crippen LogP contribution in [0.5, 0.6) is 5.75 Å². The Hall–Kier alpha value is -1.59.